The SMILES string of the molecule is O=C1c2ccccc2C(=O)N1COc1c(Cl)c(Cl)c(Cl)c(Cl)c1Cl. The molecule has 0 saturated heterocycles. The fraction of sp³-hybridized carbons (Fsp3) is 0.0667. The molecule has 0 radical (unpaired) electrons. The first kappa shape index (κ1) is 17.6. The second-order valence-corrected chi connectivity index (χ2v) is 6.65. The highest BCUT2D eigenvalue weighted by atomic mass is 35.5. The molecule has 4 nitrogen and oxygen atoms in total. The molecular formula is C15H6Cl5NO3. The third kappa shape index (κ3) is 2.72. The van der Waals surface area contributed by atoms with Crippen molar-refractivity contribution in [2.24, 2.45) is 0 Å². The van der Waals surface area contributed by atoms with E-state index in [2.05, 4.69) is 0 Å². The van der Waals surface area contributed by atoms with Crippen LogP contribution in [0.5, 0.6) is 5.75 Å². The molecule has 24 heavy (non-hydrogen) atoms. The largest absolute Gasteiger partial charge is 0.469 e. The maximum Gasteiger partial charge on any atom is 0.264 e. The number of nitrogens with zero attached hydrogens (tertiary/aromatic N) is 1. The van der Waals surface area contributed by atoms with Crippen LogP contribution in [0, 0.1) is 0 Å². The van der Waals surface area contributed by atoms with Crippen LogP contribution in [0.25, 0.3) is 0 Å². The van der Waals surface area contributed by atoms with Crippen LogP contribution in [-0.4, -0.2) is 23.4 Å². The monoisotopic (exact) mass is 423 g/mol. The Kier molecular flexibility index (Phi) is 4.87. The maximum absolute atomic E-state index is 12.3. The van der Waals surface area contributed by atoms with E-state index < -0.39 is 18.5 Å². The van der Waals surface area contributed by atoms with E-state index >= 15 is 0 Å². The molecule has 2 aromatic rings. The molecular weight excluding hydrogens is 419 g/mol. The van der Waals surface area contributed by atoms with Crippen molar-refractivity contribution in [1.82, 2.24) is 4.90 Å². The fourth-order valence-corrected chi connectivity index (χ4v) is 3.43. The first-order valence-electron chi connectivity index (χ1n) is 6.44. The van der Waals surface area contributed by atoms with Gasteiger partial charge in [-0.1, -0.05) is 70.1 Å². The minimum absolute atomic E-state index is 0.0126. The Morgan fingerprint density at radius 3 is 1.62 bits per heavy atom. The second-order valence-electron chi connectivity index (χ2n) is 4.76. The number of halogens is 5. The molecule has 0 aliphatic carbocycles. The number of rotatable bonds is 3. The molecule has 9 heteroatoms. The standard InChI is InChI=1S/C15H6Cl5NO3/c16-8-9(17)11(19)13(12(20)10(8)18)24-5-21-14(22)6-3-1-2-4-7(6)15(21)23/h1-4H,5H2. The van der Waals surface area contributed by atoms with Crippen molar-refractivity contribution in [2.45, 2.75) is 0 Å². The molecule has 0 bridgehead atoms. The lowest BCUT2D eigenvalue weighted by atomic mass is 10.1. The van der Waals surface area contributed by atoms with Crippen LogP contribution in [0.3, 0.4) is 0 Å². The lowest BCUT2D eigenvalue weighted by Crippen LogP contribution is -2.33. The fourth-order valence-electron chi connectivity index (χ4n) is 2.20. The number of amides is 2. The Bertz CT molecular complexity index is 820. The number of carbonyl (C=O) groups excluding carboxylic acids is 2. The Labute approximate surface area is 161 Å². The molecule has 2 amide bonds. The van der Waals surface area contributed by atoms with Gasteiger partial charge in [0.1, 0.15) is 10.0 Å². The third-order valence-electron chi connectivity index (χ3n) is 3.39. The van der Waals surface area contributed by atoms with E-state index in [4.69, 9.17) is 62.7 Å². The second kappa shape index (κ2) is 6.62. The molecule has 124 valence electrons. The van der Waals surface area contributed by atoms with E-state index in [1.807, 2.05) is 0 Å². The summed E-state index contributed by atoms with van der Waals surface area (Å²) in [5.74, 6) is -1.02. The van der Waals surface area contributed by atoms with Crippen molar-refractivity contribution in [2.75, 3.05) is 6.73 Å². The molecule has 1 heterocycles. The average Bonchev–Trinajstić information content (AvgIpc) is 2.83. The van der Waals surface area contributed by atoms with Gasteiger partial charge in [0.05, 0.1) is 26.2 Å². The average molecular weight is 425 g/mol. The zero-order chi connectivity index (χ0) is 17.6. The van der Waals surface area contributed by atoms with Crippen LogP contribution >= 0.6 is 58.0 Å². The van der Waals surface area contributed by atoms with Gasteiger partial charge in [0, 0.05) is 0 Å². The zero-order valence-electron chi connectivity index (χ0n) is 11.6. The number of imide groups is 1. The zero-order valence-corrected chi connectivity index (χ0v) is 15.4. The number of carbonyl (C=O) groups is 2. The van der Waals surface area contributed by atoms with Crippen LogP contribution in [-0.2, 0) is 0 Å². The van der Waals surface area contributed by atoms with Crippen LogP contribution in [0.4, 0.5) is 0 Å². The van der Waals surface area contributed by atoms with Crippen LogP contribution in [0.15, 0.2) is 24.3 Å². The minimum Gasteiger partial charge on any atom is -0.469 e. The molecule has 0 N–H and O–H groups in total. The Hall–Kier alpha value is -1.17. The van der Waals surface area contributed by atoms with Gasteiger partial charge in [-0.15, -0.1) is 0 Å². The molecule has 0 unspecified atom stereocenters. The molecule has 0 spiro atoms. The first-order chi connectivity index (χ1) is 11.3. The van der Waals surface area contributed by atoms with Crippen LogP contribution in [0.2, 0.25) is 25.1 Å². The molecule has 0 aromatic heterocycles. The number of hydrogen-bond donors (Lipinski definition) is 0. The number of benzene rings is 2. The predicted molar refractivity (Wildman–Crippen MR) is 93.9 cm³/mol. The van der Waals surface area contributed by atoms with Gasteiger partial charge in [-0.3, -0.25) is 9.59 Å². The molecule has 0 atom stereocenters. The summed E-state index contributed by atoms with van der Waals surface area (Å²) < 4.78 is 5.43. The van der Waals surface area contributed by atoms with E-state index in [-0.39, 0.29) is 30.9 Å². The lowest BCUT2D eigenvalue weighted by Gasteiger charge is -2.18. The van der Waals surface area contributed by atoms with E-state index in [1.54, 1.807) is 24.3 Å². The van der Waals surface area contributed by atoms with E-state index in [9.17, 15) is 9.59 Å². The molecule has 0 fully saturated rings. The normalized spacial score (nSPS) is 13.5. The molecule has 1 aliphatic heterocycles. The van der Waals surface area contributed by atoms with E-state index in [0.29, 0.717) is 11.1 Å². The van der Waals surface area contributed by atoms with E-state index in [1.165, 1.54) is 0 Å². The van der Waals surface area contributed by atoms with Crippen molar-refractivity contribution in [3.05, 3.63) is 60.5 Å². The highest BCUT2D eigenvalue weighted by Gasteiger charge is 2.36. The van der Waals surface area contributed by atoms with Gasteiger partial charge in [0.2, 0.25) is 0 Å². The number of fused-ring (bicyclic) bond motifs is 1. The number of ether oxygens (including phenoxy) is 1. The maximum atomic E-state index is 12.3. The first-order valence-corrected chi connectivity index (χ1v) is 8.33. The van der Waals surface area contributed by atoms with Crippen LogP contribution in [0.1, 0.15) is 20.7 Å². The molecule has 1 aliphatic rings. The Balaban J connectivity index is 1.89. The predicted octanol–water partition coefficient (Wildman–Crippen LogP) is 5.59. The highest BCUT2D eigenvalue weighted by molar-refractivity contribution is 6.55. The van der Waals surface area contributed by atoms with Gasteiger partial charge in [-0.25, -0.2) is 4.90 Å². The van der Waals surface area contributed by atoms with Crippen molar-refractivity contribution < 1.29 is 14.3 Å². The summed E-state index contributed by atoms with van der Waals surface area (Å²) in [6.45, 7) is -0.403. The summed E-state index contributed by atoms with van der Waals surface area (Å²) >= 11 is 29.9. The van der Waals surface area contributed by atoms with Crippen molar-refractivity contribution in [3.63, 3.8) is 0 Å². The molecule has 3 rings (SSSR count). The summed E-state index contributed by atoms with van der Waals surface area (Å²) in [5, 5.41) is -0.211. The van der Waals surface area contributed by atoms with Crippen molar-refractivity contribution >= 4 is 69.8 Å². The van der Waals surface area contributed by atoms with Gasteiger partial charge < -0.3 is 4.74 Å². The topological polar surface area (TPSA) is 46.6 Å². The summed E-state index contributed by atoms with van der Waals surface area (Å²) in [7, 11) is 0. The van der Waals surface area contributed by atoms with Crippen molar-refractivity contribution in [3.8, 4) is 5.75 Å². The summed E-state index contributed by atoms with van der Waals surface area (Å²) in [6.07, 6.45) is 0. The summed E-state index contributed by atoms with van der Waals surface area (Å²) in [6, 6.07) is 6.46. The molecule has 2 aromatic carbocycles. The van der Waals surface area contributed by atoms with Gasteiger partial charge >= 0.3 is 0 Å². The third-order valence-corrected chi connectivity index (χ3v) is 5.63. The lowest BCUT2D eigenvalue weighted by molar-refractivity contribution is 0.0522. The Morgan fingerprint density at radius 2 is 1.17 bits per heavy atom. The number of hydrogen-bond acceptors (Lipinski definition) is 3. The van der Waals surface area contributed by atoms with Gasteiger partial charge in [-0.05, 0) is 12.1 Å². The van der Waals surface area contributed by atoms with E-state index in [0.717, 1.165) is 4.90 Å². The quantitative estimate of drug-likeness (QED) is 0.366. The highest BCUT2D eigenvalue weighted by Crippen LogP contribution is 2.48. The molecule has 0 saturated carbocycles. The smallest absolute Gasteiger partial charge is 0.264 e. The van der Waals surface area contributed by atoms with Gasteiger partial charge in [-0.2, -0.15) is 0 Å². The summed E-state index contributed by atoms with van der Waals surface area (Å²) in [4.78, 5) is 25.5. The van der Waals surface area contributed by atoms with Crippen molar-refractivity contribution in [1.29, 1.82) is 0 Å². The summed E-state index contributed by atoms with van der Waals surface area (Å²) in [5.41, 5.74) is 0.603. The Morgan fingerprint density at radius 1 is 0.750 bits per heavy atom. The minimum atomic E-state index is -0.478. The van der Waals surface area contributed by atoms with Gasteiger partial charge in [0.25, 0.3) is 11.8 Å². The van der Waals surface area contributed by atoms with Gasteiger partial charge in [0.15, 0.2) is 12.5 Å². The van der Waals surface area contributed by atoms with Crippen LogP contribution < -0.4 is 4.74 Å².